The molecule has 17 heavy (non-hydrogen) atoms. The Morgan fingerprint density at radius 3 is 3.00 bits per heavy atom. The van der Waals surface area contributed by atoms with Crippen LogP contribution in [-0.2, 0) is 0 Å². The van der Waals surface area contributed by atoms with Crippen molar-refractivity contribution in [3.8, 4) is 0 Å². The van der Waals surface area contributed by atoms with Gasteiger partial charge in [0.15, 0.2) is 0 Å². The topological polar surface area (TPSA) is 41.0 Å². The van der Waals surface area contributed by atoms with Crippen LogP contribution in [0.3, 0.4) is 0 Å². The normalized spacial score (nSPS) is 20.8. The molecular formula is C12H19ClN4. The fraction of sp³-hybridized carbons (Fsp3) is 0.667. The second kappa shape index (κ2) is 5.65. The second-order valence-corrected chi connectivity index (χ2v) is 4.94. The minimum absolute atomic E-state index is 0.501. The lowest BCUT2D eigenvalue weighted by atomic mass is 10.1. The first-order valence-corrected chi connectivity index (χ1v) is 6.52. The number of hydrogen-bond donors (Lipinski definition) is 1. The van der Waals surface area contributed by atoms with E-state index < -0.39 is 0 Å². The zero-order valence-corrected chi connectivity index (χ0v) is 11.2. The van der Waals surface area contributed by atoms with E-state index in [1.54, 1.807) is 6.07 Å². The Morgan fingerprint density at radius 1 is 1.53 bits per heavy atom. The highest BCUT2D eigenvalue weighted by atomic mass is 35.5. The van der Waals surface area contributed by atoms with Crippen LogP contribution in [0.15, 0.2) is 6.07 Å². The number of nitrogens with one attached hydrogen (secondary N) is 1. The van der Waals surface area contributed by atoms with E-state index in [0.29, 0.717) is 16.9 Å². The van der Waals surface area contributed by atoms with Crippen LogP contribution in [0.5, 0.6) is 0 Å². The molecule has 0 aliphatic carbocycles. The molecule has 94 valence electrons. The van der Waals surface area contributed by atoms with Crippen molar-refractivity contribution in [1.82, 2.24) is 14.9 Å². The highest BCUT2D eigenvalue weighted by molar-refractivity contribution is 6.29. The summed E-state index contributed by atoms with van der Waals surface area (Å²) in [6, 6.07) is 1.78. The maximum absolute atomic E-state index is 5.89. The molecule has 0 saturated carbocycles. The molecule has 0 amide bonds. The fourth-order valence-corrected chi connectivity index (χ4v) is 2.46. The van der Waals surface area contributed by atoms with Crippen LogP contribution in [0.25, 0.3) is 0 Å². The molecule has 1 aliphatic heterocycles. The Balaban J connectivity index is 1.85. The van der Waals surface area contributed by atoms with Gasteiger partial charge in [-0.1, -0.05) is 18.5 Å². The fourth-order valence-electron chi connectivity index (χ4n) is 2.24. The largest absolute Gasteiger partial charge is 0.370 e. The van der Waals surface area contributed by atoms with E-state index in [-0.39, 0.29) is 0 Å². The lowest BCUT2D eigenvalue weighted by Gasteiger charge is -2.14. The highest BCUT2D eigenvalue weighted by Gasteiger charge is 2.20. The van der Waals surface area contributed by atoms with Gasteiger partial charge in [-0.15, -0.1) is 0 Å². The van der Waals surface area contributed by atoms with Crippen LogP contribution in [0.2, 0.25) is 5.15 Å². The number of aryl methyl sites for hydroxylation is 1. The van der Waals surface area contributed by atoms with Gasteiger partial charge >= 0.3 is 0 Å². The second-order valence-electron chi connectivity index (χ2n) is 4.55. The van der Waals surface area contributed by atoms with E-state index in [1.807, 2.05) is 6.92 Å². The van der Waals surface area contributed by atoms with Crippen molar-refractivity contribution in [2.24, 2.45) is 5.92 Å². The van der Waals surface area contributed by atoms with Gasteiger partial charge in [0.1, 0.15) is 16.8 Å². The van der Waals surface area contributed by atoms with Gasteiger partial charge in [0.25, 0.3) is 0 Å². The van der Waals surface area contributed by atoms with Crippen LogP contribution in [0.4, 0.5) is 5.82 Å². The van der Waals surface area contributed by atoms with Gasteiger partial charge in [0.05, 0.1) is 0 Å². The molecule has 1 saturated heterocycles. The standard InChI is InChI=1S/C12H19ClN4/c1-3-17-5-4-10(8-17)7-14-12-6-11(13)15-9(2)16-12/h6,10H,3-5,7-8H2,1-2H3,(H,14,15,16). The highest BCUT2D eigenvalue weighted by Crippen LogP contribution is 2.17. The van der Waals surface area contributed by atoms with Crippen molar-refractivity contribution in [3.63, 3.8) is 0 Å². The quantitative estimate of drug-likeness (QED) is 0.837. The zero-order valence-electron chi connectivity index (χ0n) is 10.4. The Hall–Kier alpha value is -0.870. The van der Waals surface area contributed by atoms with E-state index in [4.69, 9.17) is 11.6 Å². The summed E-state index contributed by atoms with van der Waals surface area (Å²) in [4.78, 5) is 10.8. The van der Waals surface area contributed by atoms with E-state index in [0.717, 1.165) is 18.9 Å². The van der Waals surface area contributed by atoms with Crippen molar-refractivity contribution < 1.29 is 0 Å². The molecule has 4 nitrogen and oxygen atoms in total. The molecule has 1 fully saturated rings. The Morgan fingerprint density at radius 2 is 2.35 bits per heavy atom. The summed E-state index contributed by atoms with van der Waals surface area (Å²) in [5.74, 6) is 2.25. The maximum atomic E-state index is 5.89. The van der Waals surface area contributed by atoms with Crippen molar-refractivity contribution in [2.75, 3.05) is 31.5 Å². The average Bonchev–Trinajstić information content (AvgIpc) is 2.73. The summed E-state index contributed by atoms with van der Waals surface area (Å²) < 4.78 is 0. The van der Waals surface area contributed by atoms with Gasteiger partial charge in [-0.25, -0.2) is 9.97 Å². The predicted octanol–water partition coefficient (Wildman–Crippen LogP) is 2.19. The molecule has 0 aromatic carbocycles. The summed E-state index contributed by atoms with van der Waals surface area (Å²) in [7, 11) is 0. The van der Waals surface area contributed by atoms with Gasteiger partial charge < -0.3 is 10.2 Å². The Kier molecular flexibility index (Phi) is 4.18. The first-order chi connectivity index (χ1) is 8.17. The van der Waals surface area contributed by atoms with Crippen molar-refractivity contribution in [3.05, 3.63) is 17.0 Å². The van der Waals surface area contributed by atoms with Gasteiger partial charge in [0, 0.05) is 19.2 Å². The van der Waals surface area contributed by atoms with Gasteiger partial charge in [-0.3, -0.25) is 0 Å². The van der Waals surface area contributed by atoms with Crippen LogP contribution in [-0.4, -0.2) is 41.0 Å². The van der Waals surface area contributed by atoms with Crippen LogP contribution < -0.4 is 5.32 Å². The predicted molar refractivity (Wildman–Crippen MR) is 70.5 cm³/mol. The van der Waals surface area contributed by atoms with E-state index >= 15 is 0 Å². The monoisotopic (exact) mass is 254 g/mol. The summed E-state index contributed by atoms with van der Waals surface area (Å²) in [5, 5.41) is 3.85. The van der Waals surface area contributed by atoms with E-state index in [1.165, 1.54) is 19.5 Å². The molecular weight excluding hydrogens is 236 g/mol. The summed E-state index contributed by atoms with van der Waals surface area (Å²) in [6.45, 7) is 8.57. The minimum atomic E-state index is 0.501. The summed E-state index contributed by atoms with van der Waals surface area (Å²) >= 11 is 5.89. The number of hydrogen-bond acceptors (Lipinski definition) is 4. The molecule has 1 aliphatic rings. The van der Waals surface area contributed by atoms with E-state index in [9.17, 15) is 0 Å². The molecule has 0 bridgehead atoms. The summed E-state index contributed by atoms with van der Waals surface area (Å²) in [5.41, 5.74) is 0. The lowest BCUT2D eigenvalue weighted by molar-refractivity contribution is 0.345. The number of halogens is 1. The molecule has 1 aromatic rings. The van der Waals surface area contributed by atoms with Crippen molar-refractivity contribution in [2.45, 2.75) is 20.3 Å². The third-order valence-corrected chi connectivity index (χ3v) is 3.39. The van der Waals surface area contributed by atoms with Gasteiger partial charge in [0.2, 0.25) is 0 Å². The zero-order chi connectivity index (χ0) is 12.3. The third-order valence-electron chi connectivity index (χ3n) is 3.20. The summed E-state index contributed by atoms with van der Waals surface area (Å²) in [6.07, 6.45) is 1.26. The number of rotatable bonds is 4. The first kappa shape index (κ1) is 12.6. The number of nitrogens with zero attached hydrogens (tertiary/aromatic N) is 3. The molecule has 1 unspecified atom stereocenters. The first-order valence-electron chi connectivity index (χ1n) is 6.14. The van der Waals surface area contributed by atoms with Gasteiger partial charge in [-0.2, -0.15) is 0 Å². The smallest absolute Gasteiger partial charge is 0.134 e. The molecule has 1 N–H and O–H groups in total. The van der Waals surface area contributed by atoms with Crippen molar-refractivity contribution in [1.29, 1.82) is 0 Å². The Labute approximate surface area is 107 Å². The number of likely N-dealkylation sites (tertiary alicyclic amines) is 1. The van der Waals surface area contributed by atoms with Gasteiger partial charge in [-0.05, 0) is 32.4 Å². The molecule has 2 rings (SSSR count). The van der Waals surface area contributed by atoms with Crippen LogP contribution >= 0.6 is 11.6 Å². The molecule has 0 spiro atoms. The van der Waals surface area contributed by atoms with Crippen molar-refractivity contribution >= 4 is 17.4 Å². The van der Waals surface area contributed by atoms with Crippen LogP contribution in [0.1, 0.15) is 19.2 Å². The maximum Gasteiger partial charge on any atom is 0.134 e. The lowest BCUT2D eigenvalue weighted by Crippen LogP contribution is -2.22. The molecule has 2 heterocycles. The molecule has 1 atom stereocenters. The molecule has 0 radical (unpaired) electrons. The minimum Gasteiger partial charge on any atom is -0.370 e. The molecule has 5 heteroatoms. The third kappa shape index (κ3) is 3.54. The number of aromatic nitrogens is 2. The number of anilines is 1. The average molecular weight is 255 g/mol. The SMILES string of the molecule is CCN1CCC(CNc2cc(Cl)nc(C)n2)C1. The van der Waals surface area contributed by atoms with Crippen LogP contribution in [0, 0.1) is 12.8 Å². The van der Waals surface area contributed by atoms with E-state index in [2.05, 4.69) is 27.1 Å². The Bertz CT molecular complexity index is 363. The molecule has 1 aromatic heterocycles.